The van der Waals surface area contributed by atoms with Crippen molar-refractivity contribution in [2.24, 2.45) is 0 Å². The number of likely N-dealkylation sites (N-methyl/N-ethyl adjacent to an activating group) is 1. The fourth-order valence-corrected chi connectivity index (χ4v) is 1.20. The fourth-order valence-electron chi connectivity index (χ4n) is 1.20. The third kappa shape index (κ3) is 1.12. The molecule has 0 saturated heterocycles. The molecule has 0 aromatic carbocycles. The van der Waals surface area contributed by atoms with Crippen LogP contribution in [0.1, 0.15) is 13.3 Å². The minimum atomic E-state index is -0.740. The summed E-state index contributed by atoms with van der Waals surface area (Å²) < 4.78 is 0. The molecule has 1 N–H and O–H groups in total. The molecular formula is C7H11NO2. The molecule has 0 aromatic heterocycles. The molecule has 10 heavy (non-hydrogen) atoms. The molecule has 0 unspecified atom stereocenters. The number of carboxylic acid groups (broad SMARTS) is 1. The zero-order valence-corrected chi connectivity index (χ0v) is 6.16. The summed E-state index contributed by atoms with van der Waals surface area (Å²) in [5, 5.41) is 8.63. The average Bonchev–Trinajstić information content (AvgIpc) is 2.10. The number of hydrogen-bond donors (Lipinski definition) is 1. The fraction of sp³-hybridized carbons (Fsp3) is 0.571. The monoisotopic (exact) mass is 141 g/mol. The predicted octanol–water partition coefficient (Wildman–Crippen LogP) is 0.679. The topological polar surface area (TPSA) is 40.5 Å². The van der Waals surface area contributed by atoms with Gasteiger partial charge in [-0.15, -0.1) is 0 Å². The number of rotatable bonds is 1. The molecule has 3 heteroatoms. The number of aliphatic carboxylic acids is 1. The highest BCUT2D eigenvalue weighted by Gasteiger charge is 2.25. The molecule has 3 nitrogen and oxygen atoms in total. The molecule has 1 aliphatic rings. The van der Waals surface area contributed by atoms with Gasteiger partial charge in [0.2, 0.25) is 0 Å². The molecule has 0 radical (unpaired) electrons. The molecule has 1 aliphatic heterocycles. The van der Waals surface area contributed by atoms with Gasteiger partial charge >= 0.3 is 5.97 Å². The maximum atomic E-state index is 10.5. The lowest BCUT2D eigenvalue weighted by Gasteiger charge is -2.14. The third-order valence-electron chi connectivity index (χ3n) is 1.72. The van der Waals surface area contributed by atoms with Crippen molar-refractivity contribution < 1.29 is 9.90 Å². The molecule has 1 atom stereocenters. The number of carboxylic acids is 1. The van der Waals surface area contributed by atoms with E-state index in [2.05, 4.69) is 0 Å². The molecule has 0 spiro atoms. The standard InChI is InChI=1S/C7H11NO2/c1-5-3-6(7(9)10)8(2)4-5/h4,6H,3H2,1-2H3,(H,9,10)/t6-/m1/s1. The van der Waals surface area contributed by atoms with E-state index in [-0.39, 0.29) is 6.04 Å². The van der Waals surface area contributed by atoms with Crippen LogP contribution in [-0.2, 0) is 4.79 Å². The molecule has 0 aliphatic carbocycles. The summed E-state index contributed by atoms with van der Waals surface area (Å²) >= 11 is 0. The van der Waals surface area contributed by atoms with E-state index in [4.69, 9.17) is 5.11 Å². The van der Waals surface area contributed by atoms with Crippen LogP contribution in [0, 0.1) is 0 Å². The Labute approximate surface area is 59.9 Å². The first-order valence-electron chi connectivity index (χ1n) is 3.23. The second-order valence-corrected chi connectivity index (χ2v) is 2.70. The van der Waals surface area contributed by atoms with Crippen LogP contribution in [0.15, 0.2) is 11.8 Å². The Kier molecular flexibility index (Phi) is 1.66. The number of hydrogen-bond acceptors (Lipinski definition) is 2. The average molecular weight is 141 g/mol. The first kappa shape index (κ1) is 7.12. The Bertz CT molecular complexity index is 186. The van der Waals surface area contributed by atoms with E-state index in [0.717, 1.165) is 5.57 Å². The summed E-state index contributed by atoms with van der Waals surface area (Å²) in [6.07, 6.45) is 2.53. The molecule has 0 bridgehead atoms. The second-order valence-electron chi connectivity index (χ2n) is 2.70. The summed E-state index contributed by atoms with van der Waals surface area (Å²) in [4.78, 5) is 12.2. The highest BCUT2D eigenvalue weighted by Crippen LogP contribution is 2.18. The van der Waals surface area contributed by atoms with Gasteiger partial charge in [0.15, 0.2) is 0 Å². The van der Waals surface area contributed by atoms with Gasteiger partial charge in [-0.3, -0.25) is 0 Å². The molecule has 0 fully saturated rings. The summed E-state index contributed by atoms with van der Waals surface area (Å²) in [5.74, 6) is -0.740. The van der Waals surface area contributed by atoms with Crippen molar-refractivity contribution in [3.8, 4) is 0 Å². The van der Waals surface area contributed by atoms with Gasteiger partial charge in [0, 0.05) is 13.5 Å². The van der Waals surface area contributed by atoms with Gasteiger partial charge in [-0.25, -0.2) is 4.79 Å². The zero-order valence-electron chi connectivity index (χ0n) is 6.16. The van der Waals surface area contributed by atoms with Crippen molar-refractivity contribution in [2.75, 3.05) is 7.05 Å². The minimum Gasteiger partial charge on any atom is -0.480 e. The normalized spacial score (nSPS) is 24.8. The highest BCUT2D eigenvalue weighted by molar-refractivity contribution is 5.74. The predicted molar refractivity (Wildman–Crippen MR) is 37.6 cm³/mol. The molecule has 0 saturated carbocycles. The molecule has 1 rings (SSSR count). The van der Waals surface area contributed by atoms with Crippen LogP contribution in [0.3, 0.4) is 0 Å². The van der Waals surface area contributed by atoms with Gasteiger partial charge < -0.3 is 10.0 Å². The van der Waals surface area contributed by atoms with E-state index < -0.39 is 5.97 Å². The molecule has 0 amide bonds. The molecule has 56 valence electrons. The second kappa shape index (κ2) is 2.33. The van der Waals surface area contributed by atoms with E-state index in [0.29, 0.717) is 6.42 Å². The quantitative estimate of drug-likeness (QED) is 0.583. The van der Waals surface area contributed by atoms with E-state index in [9.17, 15) is 4.79 Å². The lowest BCUT2D eigenvalue weighted by molar-refractivity contribution is -0.141. The Morgan fingerprint density at radius 1 is 1.90 bits per heavy atom. The maximum absolute atomic E-state index is 10.5. The van der Waals surface area contributed by atoms with Crippen molar-refractivity contribution in [1.82, 2.24) is 4.90 Å². The van der Waals surface area contributed by atoms with Crippen LogP contribution in [0.25, 0.3) is 0 Å². The van der Waals surface area contributed by atoms with Crippen molar-refractivity contribution >= 4 is 5.97 Å². The van der Waals surface area contributed by atoms with Gasteiger partial charge in [-0.2, -0.15) is 0 Å². The van der Waals surface area contributed by atoms with Gasteiger partial charge in [0.05, 0.1) is 0 Å². The van der Waals surface area contributed by atoms with Crippen LogP contribution < -0.4 is 0 Å². The van der Waals surface area contributed by atoms with E-state index in [1.807, 2.05) is 13.1 Å². The largest absolute Gasteiger partial charge is 0.480 e. The summed E-state index contributed by atoms with van der Waals surface area (Å²) in [7, 11) is 1.79. The van der Waals surface area contributed by atoms with Gasteiger partial charge in [0.1, 0.15) is 6.04 Å². The lowest BCUT2D eigenvalue weighted by atomic mass is 10.1. The zero-order chi connectivity index (χ0) is 7.72. The van der Waals surface area contributed by atoms with Crippen molar-refractivity contribution in [1.29, 1.82) is 0 Å². The highest BCUT2D eigenvalue weighted by atomic mass is 16.4. The SMILES string of the molecule is CC1=CN(C)[C@@H](C(=O)O)C1. The van der Waals surface area contributed by atoms with Crippen molar-refractivity contribution in [3.63, 3.8) is 0 Å². The van der Waals surface area contributed by atoms with Gasteiger partial charge in [0.25, 0.3) is 0 Å². The van der Waals surface area contributed by atoms with E-state index in [1.165, 1.54) is 0 Å². The minimum absolute atomic E-state index is 0.333. The summed E-state index contributed by atoms with van der Waals surface area (Å²) in [5.41, 5.74) is 1.13. The first-order valence-corrected chi connectivity index (χ1v) is 3.23. The number of carbonyl (C=O) groups is 1. The molecule has 0 aromatic rings. The van der Waals surface area contributed by atoms with Crippen LogP contribution in [0.2, 0.25) is 0 Å². The van der Waals surface area contributed by atoms with Crippen LogP contribution >= 0.6 is 0 Å². The van der Waals surface area contributed by atoms with Gasteiger partial charge in [-0.1, -0.05) is 5.57 Å². The molecular weight excluding hydrogens is 130 g/mol. The van der Waals surface area contributed by atoms with E-state index in [1.54, 1.807) is 11.9 Å². The first-order chi connectivity index (χ1) is 4.61. The van der Waals surface area contributed by atoms with E-state index >= 15 is 0 Å². The van der Waals surface area contributed by atoms with Crippen LogP contribution in [0.4, 0.5) is 0 Å². The Morgan fingerprint density at radius 3 is 2.70 bits per heavy atom. The third-order valence-corrected chi connectivity index (χ3v) is 1.72. The van der Waals surface area contributed by atoms with Crippen LogP contribution in [-0.4, -0.2) is 29.1 Å². The summed E-state index contributed by atoms with van der Waals surface area (Å²) in [6, 6.07) is -0.333. The Hall–Kier alpha value is -0.990. The Balaban J connectivity index is 2.63. The number of nitrogens with zero attached hydrogens (tertiary/aromatic N) is 1. The lowest BCUT2D eigenvalue weighted by Crippen LogP contribution is -2.30. The van der Waals surface area contributed by atoms with Gasteiger partial charge in [-0.05, 0) is 13.1 Å². The smallest absolute Gasteiger partial charge is 0.326 e. The van der Waals surface area contributed by atoms with Crippen molar-refractivity contribution in [3.05, 3.63) is 11.8 Å². The van der Waals surface area contributed by atoms with Crippen molar-refractivity contribution in [2.45, 2.75) is 19.4 Å². The summed E-state index contributed by atoms with van der Waals surface area (Å²) in [6.45, 7) is 1.94. The maximum Gasteiger partial charge on any atom is 0.326 e. The van der Waals surface area contributed by atoms with Crippen LogP contribution in [0.5, 0.6) is 0 Å². The Morgan fingerprint density at radius 2 is 2.50 bits per heavy atom. The molecule has 1 heterocycles.